The molecule has 37 heavy (non-hydrogen) atoms. The molecule has 6 N–H and O–H groups in total. The van der Waals surface area contributed by atoms with E-state index in [0.29, 0.717) is 0 Å². The number of carbonyl (C=O) groups is 4. The van der Waals surface area contributed by atoms with E-state index in [1.54, 1.807) is 0 Å². The number of carboxylic acids is 1. The number of rotatable bonds is 6. The lowest BCUT2D eigenvalue weighted by Crippen LogP contribution is -2.60. The van der Waals surface area contributed by atoms with Crippen molar-refractivity contribution in [2.45, 2.75) is 44.1 Å². The van der Waals surface area contributed by atoms with Gasteiger partial charge in [-0.25, -0.2) is 0 Å². The molecule has 1 aliphatic heterocycles. The molecule has 1 heterocycles. The number of benzene rings is 2. The average molecular weight is 518 g/mol. The van der Waals surface area contributed by atoms with E-state index in [2.05, 4.69) is 0 Å². The molecule has 5 atom stereocenters. The number of ketones is 2. The zero-order valence-corrected chi connectivity index (χ0v) is 19.2. The molecule has 13 heteroatoms. The van der Waals surface area contributed by atoms with E-state index in [4.69, 9.17) is 19.3 Å². The van der Waals surface area contributed by atoms with Crippen LogP contribution < -0.4 is 4.74 Å². The molecule has 0 saturated carbocycles. The first-order valence-electron chi connectivity index (χ1n) is 10.9. The van der Waals surface area contributed by atoms with Crippen LogP contribution >= 0.6 is 0 Å². The van der Waals surface area contributed by atoms with Crippen LogP contribution in [0, 0.1) is 6.92 Å². The zero-order chi connectivity index (χ0) is 27.2. The van der Waals surface area contributed by atoms with Gasteiger partial charge in [-0.15, -0.1) is 0 Å². The number of ether oxygens (including phenoxy) is 3. The quantitative estimate of drug-likeness (QED) is 0.177. The Bertz CT molecular complexity index is 1300. The minimum Gasteiger partial charge on any atom is -0.507 e. The SMILES string of the molecule is Cc1cc2c(c(O)c1O[C@H]1OC(COC(=O)CC(=O)O)[C@@H](O)C(O)[C@@H]1O)C(=O)c1c(O)cccc1C2=O. The maximum atomic E-state index is 13.1. The number of esters is 1. The zero-order valence-electron chi connectivity index (χ0n) is 19.2. The molecule has 2 aromatic rings. The third kappa shape index (κ3) is 4.60. The summed E-state index contributed by atoms with van der Waals surface area (Å²) in [6.45, 7) is 0.728. The predicted octanol–water partition coefficient (Wildman–Crippen LogP) is -0.614. The Morgan fingerprint density at radius 1 is 0.973 bits per heavy atom. The van der Waals surface area contributed by atoms with E-state index in [-0.39, 0.29) is 22.3 Å². The highest BCUT2D eigenvalue weighted by atomic mass is 16.7. The van der Waals surface area contributed by atoms with Crippen molar-refractivity contribution in [1.29, 1.82) is 0 Å². The van der Waals surface area contributed by atoms with Gasteiger partial charge in [-0.05, 0) is 24.6 Å². The van der Waals surface area contributed by atoms with Crippen molar-refractivity contribution in [3.63, 3.8) is 0 Å². The summed E-state index contributed by atoms with van der Waals surface area (Å²) < 4.78 is 15.7. The summed E-state index contributed by atoms with van der Waals surface area (Å²) in [6.07, 6.45) is -9.69. The molecule has 1 fully saturated rings. The van der Waals surface area contributed by atoms with Crippen molar-refractivity contribution in [3.8, 4) is 17.2 Å². The third-order valence-corrected chi connectivity index (χ3v) is 6.03. The van der Waals surface area contributed by atoms with E-state index in [1.807, 2.05) is 0 Å². The molecule has 196 valence electrons. The number of phenolic OH excluding ortho intramolecular Hbond substituents is 2. The van der Waals surface area contributed by atoms with Crippen molar-refractivity contribution in [1.82, 2.24) is 0 Å². The molecule has 1 saturated heterocycles. The van der Waals surface area contributed by atoms with Gasteiger partial charge in [0.1, 0.15) is 43.2 Å². The Morgan fingerprint density at radius 3 is 2.35 bits per heavy atom. The highest BCUT2D eigenvalue weighted by Gasteiger charge is 2.46. The van der Waals surface area contributed by atoms with Crippen molar-refractivity contribution >= 4 is 23.5 Å². The first kappa shape index (κ1) is 26.0. The van der Waals surface area contributed by atoms with E-state index >= 15 is 0 Å². The summed E-state index contributed by atoms with van der Waals surface area (Å²) in [7, 11) is 0. The first-order valence-corrected chi connectivity index (χ1v) is 10.9. The smallest absolute Gasteiger partial charge is 0.317 e. The Kier molecular flexibility index (Phi) is 6.88. The predicted molar refractivity (Wildman–Crippen MR) is 118 cm³/mol. The largest absolute Gasteiger partial charge is 0.507 e. The van der Waals surface area contributed by atoms with E-state index < -0.39 is 90.1 Å². The fourth-order valence-electron chi connectivity index (χ4n) is 4.20. The minimum atomic E-state index is -1.88. The molecule has 4 rings (SSSR count). The monoisotopic (exact) mass is 518 g/mol. The van der Waals surface area contributed by atoms with Crippen LogP contribution in [0.5, 0.6) is 17.2 Å². The van der Waals surface area contributed by atoms with Gasteiger partial charge in [-0.1, -0.05) is 12.1 Å². The molecule has 0 amide bonds. The van der Waals surface area contributed by atoms with Crippen LogP contribution in [0.3, 0.4) is 0 Å². The number of carbonyl (C=O) groups excluding carboxylic acids is 3. The molecule has 1 aliphatic carbocycles. The van der Waals surface area contributed by atoms with Crippen LogP contribution in [-0.4, -0.2) is 91.5 Å². The van der Waals surface area contributed by atoms with Crippen LogP contribution in [0.2, 0.25) is 0 Å². The summed E-state index contributed by atoms with van der Waals surface area (Å²) >= 11 is 0. The van der Waals surface area contributed by atoms with Crippen LogP contribution in [0.15, 0.2) is 24.3 Å². The Balaban J connectivity index is 1.63. The third-order valence-electron chi connectivity index (χ3n) is 6.03. The summed E-state index contributed by atoms with van der Waals surface area (Å²) in [5, 5.41) is 60.5. The maximum Gasteiger partial charge on any atom is 0.317 e. The van der Waals surface area contributed by atoms with Gasteiger partial charge in [0.2, 0.25) is 12.1 Å². The minimum absolute atomic E-state index is 0.0478. The number of fused-ring (bicyclic) bond motifs is 2. The number of aliphatic hydroxyl groups excluding tert-OH is 3. The van der Waals surface area contributed by atoms with E-state index in [9.17, 15) is 44.7 Å². The molecule has 13 nitrogen and oxygen atoms in total. The van der Waals surface area contributed by atoms with Crippen LogP contribution in [0.4, 0.5) is 0 Å². The molecule has 0 aromatic heterocycles. The lowest BCUT2D eigenvalue weighted by molar-refractivity contribution is -0.278. The normalized spacial score (nSPS) is 24.7. The van der Waals surface area contributed by atoms with E-state index in [1.165, 1.54) is 31.2 Å². The lowest BCUT2D eigenvalue weighted by atomic mass is 9.82. The number of aromatic hydroxyl groups is 2. The van der Waals surface area contributed by atoms with Gasteiger partial charge in [-0.3, -0.25) is 19.2 Å². The second kappa shape index (κ2) is 9.78. The van der Waals surface area contributed by atoms with Crippen LogP contribution in [0.1, 0.15) is 43.8 Å². The van der Waals surface area contributed by atoms with Crippen molar-refractivity contribution in [3.05, 3.63) is 52.1 Å². The molecule has 2 aliphatic rings. The molecule has 2 aromatic carbocycles. The molecule has 0 bridgehead atoms. The number of carboxylic acid groups (broad SMARTS) is 1. The number of aliphatic hydroxyl groups is 3. The second-order valence-corrected chi connectivity index (χ2v) is 8.54. The van der Waals surface area contributed by atoms with Crippen LogP contribution in [-0.2, 0) is 19.1 Å². The highest BCUT2D eigenvalue weighted by molar-refractivity contribution is 6.30. The van der Waals surface area contributed by atoms with Crippen molar-refractivity contribution in [2.75, 3.05) is 6.61 Å². The Labute approximate surface area is 208 Å². The molecule has 0 radical (unpaired) electrons. The van der Waals surface area contributed by atoms with E-state index in [0.717, 1.165) is 0 Å². The number of hydrogen-bond acceptors (Lipinski definition) is 12. The summed E-state index contributed by atoms with van der Waals surface area (Å²) in [5.41, 5.74) is -0.810. The molecule has 0 spiro atoms. The molecular weight excluding hydrogens is 496 g/mol. The van der Waals surface area contributed by atoms with Gasteiger partial charge in [0.05, 0.1) is 11.1 Å². The van der Waals surface area contributed by atoms with Gasteiger partial charge in [-0.2, -0.15) is 0 Å². The standard InChI is InChI=1S/C24H22O13/c1-8-5-10-16(19(31)15-9(17(10)29)3-2-4-11(15)25)20(32)23(8)37-24-22(34)21(33)18(30)12(36-24)7-35-14(28)6-13(26)27/h2-5,12,18,21-22,24-25,30,32-34H,6-7H2,1H3,(H,26,27)/t12?,18-,21?,22+,24-/m1/s1. The van der Waals surface area contributed by atoms with Gasteiger partial charge in [0, 0.05) is 11.1 Å². The second-order valence-electron chi connectivity index (χ2n) is 8.54. The fraction of sp³-hybridized carbons (Fsp3) is 0.333. The first-order chi connectivity index (χ1) is 17.4. The maximum absolute atomic E-state index is 13.1. The molecular formula is C24H22O13. The average Bonchev–Trinajstić information content (AvgIpc) is 2.83. The Morgan fingerprint density at radius 2 is 1.68 bits per heavy atom. The van der Waals surface area contributed by atoms with Gasteiger partial charge in [0.25, 0.3) is 0 Å². The number of phenols is 2. The highest BCUT2D eigenvalue weighted by Crippen LogP contribution is 2.43. The lowest BCUT2D eigenvalue weighted by Gasteiger charge is -2.40. The summed E-state index contributed by atoms with van der Waals surface area (Å²) in [4.78, 5) is 48.2. The topological polar surface area (TPSA) is 217 Å². The fourth-order valence-corrected chi connectivity index (χ4v) is 4.20. The summed E-state index contributed by atoms with van der Waals surface area (Å²) in [5.74, 6) is -5.72. The van der Waals surface area contributed by atoms with Crippen molar-refractivity contribution in [2.24, 2.45) is 0 Å². The number of hydrogen-bond donors (Lipinski definition) is 6. The van der Waals surface area contributed by atoms with Gasteiger partial charge >= 0.3 is 11.9 Å². The Hall–Kier alpha value is -4.04. The van der Waals surface area contributed by atoms with Crippen molar-refractivity contribution < 1.29 is 64.0 Å². The van der Waals surface area contributed by atoms with Gasteiger partial charge < -0.3 is 44.8 Å². The number of aliphatic carboxylic acids is 1. The molecule has 2 unspecified atom stereocenters. The number of aryl methyl sites for hydroxylation is 1. The summed E-state index contributed by atoms with van der Waals surface area (Å²) in [6, 6.07) is 5.23. The van der Waals surface area contributed by atoms with Crippen LogP contribution in [0.25, 0.3) is 0 Å². The van der Waals surface area contributed by atoms with Gasteiger partial charge in [0.15, 0.2) is 17.3 Å².